The van der Waals surface area contributed by atoms with Gasteiger partial charge in [0.2, 0.25) is 0 Å². The van der Waals surface area contributed by atoms with Gasteiger partial charge in [-0.2, -0.15) is 0 Å². The molecule has 1 aromatic heterocycles. The van der Waals surface area contributed by atoms with Crippen molar-refractivity contribution in [2.45, 2.75) is 19.1 Å². The van der Waals surface area contributed by atoms with Crippen LogP contribution in [0.3, 0.4) is 0 Å². The number of carbonyl (C=O) groups excluding carboxylic acids is 1. The highest BCUT2D eigenvalue weighted by Gasteiger charge is 2.32. The lowest BCUT2D eigenvalue weighted by molar-refractivity contribution is -0.385. The minimum absolute atomic E-state index is 0.310. The van der Waals surface area contributed by atoms with Crippen LogP contribution in [0.5, 0.6) is 0 Å². The maximum atomic E-state index is 11.5. The van der Waals surface area contributed by atoms with E-state index in [1.807, 2.05) is 0 Å². The van der Waals surface area contributed by atoms with E-state index in [4.69, 9.17) is 0 Å². The van der Waals surface area contributed by atoms with Gasteiger partial charge < -0.3 is 14.4 Å². The van der Waals surface area contributed by atoms with E-state index >= 15 is 0 Å². The lowest BCUT2D eigenvalue weighted by atomic mass is 10.1. The number of aromatic nitrogens is 1. The van der Waals surface area contributed by atoms with Crippen LogP contribution in [0.1, 0.15) is 6.92 Å². The van der Waals surface area contributed by atoms with Crippen LogP contribution < -0.4 is 5.56 Å². The van der Waals surface area contributed by atoms with Gasteiger partial charge in [-0.1, -0.05) is 0 Å². The standard InChI is InChI=1S/C10H12N2O6/c1-10(15,9(14)18-2)6-11-5-7(12(16)17)3-4-8(11)13/h3-5,15H,6H2,1-2H3. The van der Waals surface area contributed by atoms with Crippen LogP contribution in [-0.2, 0) is 16.1 Å². The lowest BCUT2D eigenvalue weighted by Gasteiger charge is -2.20. The largest absolute Gasteiger partial charge is 0.467 e. The van der Waals surface area contributed by atoms with E-state index in [2.05, 4.69) is 4.74 Å². The third-order valence-electron chi connectivity index (χ3n) is 2.28. The summed E-state index contributed by atoms with van der Waals surface area (Å²) in [4.78, 5) is 32.6. The Hall–Kier alpha value is -2.22. The molecule has 0 aliphatic heterocycles. The summed E-state index contributed by atoms with van der Waals surface area (Å²) in [6.07, 6.45) is 0.958. The van der Waals surface area contributed by atoms with Gasteiger partial charge in [0.1, 0.15) is 0 Å². The molecule has 0 amide bonds. The highest BCUT2D eigenvalue weighted by Crippen LogP contribution is 2.11. The molecule has 1 heterocycles. The molecule has 8 nitrogen and oxygen atoms in total. The van der Waals surface area contributed by atoms with Crippen molar-refractivity contribution in [1.29, 1.82) is 0 Å². The molecule has 18 heavy (non-hydrogen) atoms. The molecule has 1 unspecified atom stereocenters. The van der Waals surface area contributed by atoms with Gasteiger partial charge in [-0.25, -0.2) is 4.79 Å². The van der Waals surface area contributed by atoms with Crippen LogP contribution in [0.15, 0.2) is 23.1 Å². The first-order valence-corrected chi connectivity index (χ1v) is 4.93. The van der Waals surface area contributed by atoms with E-state index in [0.29, 0.717) is 0 Å². The highest BCUT2D eigenvalue weighted by molar-refractivity contribution is 5.78. The van der Waals surface area contributed by atoms with E-state index in [-0.39, 0.29) is 5.69 Å². The molecule has 0 aliphatic rings. The van der Waals surface area contributed by atoms with Crippen molar-refractivity contribution < 1.29 is 19.6 Å². The van der Waals surface area contributed by atoms with E-state index in [1.54, 1.807) is 0 Å². The van der Waals surface area contributed by atoms with Crippen LogP contribution in [0.2, 0.25) is 0 Å². The molecule has 0 fully saturated rings. The predicted octanol–water partition coefficient (Wildman–Crippen LogP) is -0.320. The first kappa shape index (κ1) is 13.8. The number of nitro groups is 1. The summed E-state index contributed by atoms with van der Waals surface area (Å²) < 4.78 is 5.25. The smallest absolute Gasteiger partial charge is 0.339 e. The van der Waals surface area contributed by atoms with Crippen molar-refractivity contribution in [2.75, 3.05) is 7.11 Å². The Balaban J connectivity index is 3.11. The Labute approximate surface area is 102 Å². The second-order valence-electron chi connectivity index (χ2n) is 3.88. The van der Waals surface area contributed by atoms with Crippen molar-refractivity contribution in [2.24, 2.45) is 0 Å². The average Bonchev–Trinajstić information content (AvgIpc) is 2.30. The Kier molecular flexibility index (Phi) is 3.82. The van der Waals surface area contributed by atoms with Crippen LogP contribution in [-0.4, -0.2) is 33.3 Å². The first-order valence-electron chi connectivity index (χ1n) is 4.93. The summed E-state index contributed by atoms with van der Waals surface area (Å²) in [5.74, 6) is -0.930. The molecule has 1 N–H and O–H groups in total. The monoisotopic (exact) mass is 256 g/mol. The first-order chi connectivity index (χ1) is 8.27. The Bertz CT molecular complexity index is 533. The van der Waals surface area contributed by atoms with Crippen molar-refractivity contribution in [1.82, 2.24) is 4.57 Å². The Morgan fingerprint density at radius 1 is 1.61 bits per heavy atom. The molecule has 0 bridgehead atoms. The average molecular weight is 256 g/mol. The number of pyridine rings is 1. The molecular weight excluding hydrogens is 244 g/mol. The van der Waals surface area contributed by atoms with E-state index in [0.717, 1.165) is 36.9 Å². The Morgan fingerprint density at radius 2 is 2.22 bits per heavy atom. The van der Waals surface area contributed by atoms with Gasteiger partial charge in [0.15, 0.2) is 5.60 Å². The third-order valence-corrected chi connectivity index (χ3v) is 2.28. The maximum absolute atomic E-state index is 11.5. The number of hydrogen-bond donors (Lipinski definition) is 1. The summed E-state index contributed by atoms with van der Waals surface area (Å²) >= 11 is 0. The summed E-state index contributed by atoms with van der Waals surface area (Å²) in [7, 11) is 1.09. The molecule has 0 spiro atoms. The van der Waals surface area contributed by atoms with Gasteiger partial charge in [0.05, 0.1) is 24.8 Å². The third kappa shape index (κ3) is 2.92. The van der Waals surface area contributed by atoms with Gasteiger partial charge in [-0.05, 0) is 6.92 Å². The molecule has 1 rings (SSSR count). The fraction of sp³-hybridized carbons (Fsp3) is 0.400. The van der Waals surface area contributed by atoms with Crippen LogP contribution in [0.25, 0.3) is 0 Å². The van der Waals surface area contributed by atoms with Crippen molar-refractivity contribution in [3.05, 3.63) is 38.8 Å². The summed E-state index contributed by atoms with van der Waals surface area (Å²) in [5, 5.41) is 20.3. The van der Waals surface area contributed by atoms with E-state index < -0.39 is 28.6 Å². The minimum atomic E-state index is -1.94. The van der Waals surface area contributed by atoms with E-state index in [1.165, 1.54) is 0 Å². The number of carbonyl (C=O) groups is 1. The molecule has 1 aromatic rings. The SMILES string of the molecule is COC(=O)C(C)(O)Cn1cc([N+](=O)[O-])ccc1=O. The summed E-state index contributed by atoms with van der Waals surface area (Å²) in [6.45, 7) is 0.726. The second kappa shape index (κ2) is 4.96. The predicted molar refractivity (Wildman–Crippen MR) is 60.0 cm³/mol. The van der Waals surface area contributed by atoms with Gasteiger partial charge in [0, 0.05) is 12.1 Å². The fourth-order valence-electron chi connectivity index (χ4n) is 1.37. The van der Waals surface area contributed by atoms with Gasteiger partial charge in [-0.3, -0.25) is 14.9 Å². The van der Waals surface area contributed by atoms with Gasteiger partial charge >= 0.3 is 5.97 Å². The molecule has 0 aromatic carbocycles. The van der Waals surface area contributed by atoms with Gasteiger partial charge in [0.25, 0.3) is 11.2 Å². The van der Waals surface area contributed by atoms with E-state index in [9.17, 15) is 24.8 Å². The number of nitrogens with zero attached hydrogens (tertiary/aromatic N) is 2. The topological polar surface area (TPSA) is 112 Å². The number of methoxy groups -OCH3 is 1. The summed E-state index contributed by atoms with van der Waals surface area (Å²) in [6, 6.07) is 2.04. The van der Waals surface area contributed by atoms with Crippen LogP contribution in [0.4, 0.5) is 5.69 Å². The maximum Gasteiger partial charge on any atom is 0.339 e. The number of ether oxygens (including phenoxy) is 1. The lowest BCUT2D eigenvalue weighted by Crippen LogP contribution is -2.42. The van der Waals surface area contributed by atoms with Crippen LogP contribution >= 0.6 is 0 Å². The Morgan fingerprint density at radius 3 is 2.72 bits per heavy atom. The molecule has 8 heteroatoms. The van der Waals surface area contributed by atoms with Crippen molar-refractivity contribution in [3.8, 4) is 0 Å². The molecule has 98 valence electrons. The fourth-order valence-corrected chi connectivity index (χ4v) is 1.37. The zero-order valence-corrected chi connectivity index (χ0v) is 9.82. The molecule has 0 aliphatic carbocycles. The number of esters is 1. The number of aliphatic hydroxyl groups is 1. The number of hydrogen-bond acceptors (Lipinski definition) is 6. The zero-order chi connectivity index (χ0) is 13.9. The zero-order valence-electron chi connectivity index (χ0n) is 9.82. The molecule has 0 radical (unpaired) electrons. The highest BCUT2D eigenvalue weighted by atomic mass is 16.6. The quantitative estimate of drug-likeness (QED) is 0.449. The molecule has 0 saturated carbocycles. The van der Waals surface area contributed by atoms with Crippen molar-refractivity contribution >= 4 is 11.7 Å². The van der Waals surface area contributed by atoms with Crippen LogP contribution in [0, 0.1) is 10.1 Å². The number of rotatable bonds is 4. The molecule has 1 atom stereocenters. The second-order valence-corrected chi connectivity index (χ2v) is 3.88. The normalized spacial score (nSPS) is 13.7. The molecular formula is C10H12N2O6. The molecule has 0 saturated heterocycles. The van der Waals surface area contributed by atoms with Crippen molar-refractivity contribution in [3.63, 3.8) is 0 Å². The minimum Gasteiger partial charge on any atom is -0.467 e. The van der Waals surface area contributed by atoms with Gasteiger partial charge in [-0.15, -0.1) is 0 Å². The summed E-state index contributed by atoms with van der Waals surface area (Å²) in [5.41, 5.74) is -2.81.